The predicted octanol–water partition coefficient (Wildman–Crippen LogP) is 1.81. The number of hydrogen-bond donors (Lipinski definition) is 1. The molecule has 3 aromatic rings. The number of fused-ring (bicyclic) bond motifs is 2. The Hall–Kier alpha value is -3.20. The summed E-state index contributed by atoms with van der Waals surface area (Å²) in [6.45, 7) is 3.55. The minimum absolute atomic E-state index is 0.0110. The Morgan fingerprint density at radius 1 is 1.25 bits per heavy atom. The van der Waals surface area contributed by atoms with Crippen molar-refractivity contribution in [3.05, 3.63) is 65.6 Å². The highest BCUT2D eigenvalue weighted by molar-refractivity contribution is 7.90. The summed E-state index contributed by atoms with van der Waals surface area (Å²) in [5, 5.41) is 0. The van der Waals surface area contributed by atoms with E-state index < -0.39 is 22.0 Å². The second-order valence-corrected chi connectivity index (χ2v) is 8.22. The van der Waals surface area contributed by atoms with Crippen molar-refractivity contribution >= 4 is 27.5 Å². The molecule has 2 aromatic heterocycles. The largest absolute Gasteiger partial charge is 0.458 e. The molecule has 1 N–H and O–H groups in total. The van der Waals surface area contributed by atoms with Gasteiger partial charge in [0.15, 0.2) is 0 Å². The van der Waals surface area contributed by atoms with E-state index in [4.69, 9.17) is 4.74 Å². The normalized spacial score (nSPS) is 17.3. The van der Waals surface area contributed by atoms with E-state index in [1.807, 2.05) is 29.7 Å². The number of nitrogens with one attached hydrogen (secondary N) is 1. The van der Waals surface area contributed by atoms with Crippen LogP contribution in [0.4, 0.5) is 0 Å². The molecule has 0 aliphatic carbocycles. The maximum Gasteiger partial charge on any atom is 0.331 e. The van der Waals surface area contributed by atoms with Crippen molar-refractivity contribution in [3.8, 4) is 0 Å². The topological polar surface area (TPSA) is 102 Å². The summed E-state index contributed by atoms with van der Waals surface area (Å²) in [5.41, 5.74) is 2.92. The van der Waals surface area contributed by atoms with Gasteiger partial charge in [0.1, 0.15) is 24.1 Å². The van der Waals surface area contributed by atoms with Gasteiger partial charge in [0.25, 0.3) is 10.0 Å². The summed E-state index contributed by atoms with van der Waals surface area (Å²) in [5.74, 6) is -0.424. The molecule has 9 heteroatoms. The molecule has 0 saturated carbocycles. The second kappa shape index (κ2) is 6.75. The number of esters is 1. The van der Waals surface area contributed by atoms with E-state index >= 15 is 0 Å². The molecule has 0 spiro atoms. The van der Waals surface area contributed by atoms with Gasteiger partial charge in [-0.25, -0.2) is 18.2 Å². The molecule has 3 heterocycles. The highest BCUT2D eigenvalue weighted by atomic mass is 32.2. The van der Waals surface area contributed by atoms with E-state index in [0.717, 1.165) is 11.2 Å². The molecule has 28 heavy (non-hydrogen) atoms. The first-order valence-corrected chi connectivity index (χ1v) is 10.1. The fourth-order valence-corrected chi connectivity index (χ4v) is 4.21. The van der Waals surface area contributed by atoms with Crippen LogP contribution in [0.5, 0.6) is 0 Å². The van der Waals surface area contributed by atoms with Gasteiger partial charge in [-0.05, 0) is 37.6 Å². The number of aliphatic imine (C=N–C) groups is 1. The van der Waals surface area contributed by atoms with E-state index in [1.165, 1.54) is 6.07 Å². The van der Waals surface area contributed by atoms with Gasteiger partial charge >= 0.3 is 5.97 Å². The summed E-state index contributed by atoms with van der Waals surface area (Å²) in [6.07, 6.45) is 3.74. The summed E-state index contributed by atoms with van der Waals surface area (Å²) in [6, 6.07) is 9.45. The number of carbonyl (C=O) groups is 1. The smallest absolute Gasteiger partial charge is 0.331 e. The molecule has 0 bridgehead atoms. The van der Waals surface area contributed by atoms with Crippen LogP contribution < -0.4 is 4.72 Å². The van der Waals surface area contributed by atoms with Crippen LogP contribution in [0, 0.1) is 6.92 Å². The Morgan fingerprint density at radius 2 is 2.04 bits per heavy atom. The zero-order chi connectivity index (χ0) is 19.9. The van der Waals surface area contributed by atoms with Crippen LogP contribution in [-0.2, 0) is 26.2 Å². The maximum atomic E-state index is 12.3. The maximum absolute atomic E-state index is 12.3. The van der Waals surface area contributed by atoms with E-state index in [1.54, 1.807) is 31.3 Å². The molecule has 0 saturated heterocycles. The molecule has 8 nitrogen and oxygen atoms in total. The Kier molecular flexibility index (Phi) is 4.38. The lowest BCUT2D eigenvalue weighted by Crippen LogP contribution is -2.26. The molecule has 0 radical (unpaired) electrons. The zero-order valence-electron chi connectivity index (χ0n) is 15.3. The van der Waals surface area contributed by atoms with Gasteiger partial charge in [-0.15, -0.1) is 0 Å². The standard InChI is InChI=1S/C19H18N4O4S/c1-12-7-8-17-21-14(10-23(17)9-12)11-27-19(24)13(2)20-18-15-5-3-4-6-16(15)28(25,26)22-18/h3-10,13H,11H2,1-2H3,(H,20,22)/t13-/m1/s1. The molecule has 0 fully saturated rings. The van der Waals surface area contributed by atoms with Crippen molar-refractivity contribution in [2.45, 2.75) is 31.4 Å². The third-order valence-electron chi connectivity index (χ3n) is 4.34. The number of sulfonamides is 1. The number of ether oxygens (including phenoxy) is 1. The number of amidine groups is 1. The summed E-state index contributed by atoms with van der Waals surface area (Å²) in [7, 11) is -3.65. The Bertz CT molecular complexity index is 1210. The molecule has 0 unspecified atom stereocenters. The van der Waals surface area contributed by atoms with Crippen molar-refractivity contribution < 1.29 is 17.9 Å². The second-order valence-electron chi connectivity index (χ2n) is 6.57. The fourth-order valence-electron chi connectivity index (χ4n) is 2.97. The van der Waals surface area contributed by atoms with Gasteiger partial charge in [-0.3, -0.25) is 9.71 Å². The minimum Gasteiger partial charge on any atom is -0.458 e. The van der Waals surface area contributed by atoms with Crippen molar-refractivity contribution in [3.63, 3.8) is 0 Å². The molecule has 4 rings (SSSR count). The minimum atomic E-state index is -3.65. The Labute approximate surface area is 161 Å². The van der Waals surface area contributed by atoms with E-state index in [0.29, 0.717) is 11.3 Å². The van der Waals surface area contributed by atoms with Crippen LogP contribution >= 0.6 is 0 Å². The number of carbonyl (C=O) groups excluding carboxylic acids is 1. The average Bonchev–Trinajstić information content (AvgIpc) is 3.17. The molecule has 1 aromatic carbocycles. The number of benzene rings is 1. The molecular weight excluding hydrogens is 380 g/mol. The predicted molar refractivity (Wildman–Crippen MR) is 102 cm³/mol. The van der Waals surface area contributed by atoms with Crippen molar-refractivity contribution in [2.75, 3.05) is 0 Å². The quantitative estimate of drug-likeness (QED) is 0.676. The first-order chi connectivity index (χ1) is 13.3. The average molecular weight is 398 g/mol. The van der Waals surface area contributed by atoms with Gasteiger partial charge in [-0.1, -0.05) is 18.2 Å². The van der Waals surface area contributed by atoms with Crippen LogP contribution in [0.2, 0.25) is 0 Å². The summed E-state index contributed by atoms with van der Waals surface area (Å²) >= 11 is 0. The van der Waals surface area contributed by atoms with Gasteiger partial charge in [-0.2, -0.15) is 0 Å². The van der Waals surface area contributed by atoms with E-state index in [-0.39, 0.29) is 17.3 Å². The summed E-state index contributed by atoms with van der Waals surface area (Å²) < 4.78 is 33.8. The number of rotatable bonds is 4. The Morgan fingerprint density at radius 3 is 2.86 bits per heavy atom. The number of imidazole rings is 1. The van der Waals surface area contributed by atoms with Crippen molar-refractivity contribution in [1.82, 2.24) is 14.1 Å². The van der Waals surface area contributed by atoms with Gasteiger partial charge < -0.3 is 9.14 Å². The van der Waals surface area contributed by atoms with Crippen LogP contribution in [0.3, 0.4) is 0 Å². The van der Waals surface area contributed by atoms with E-state index in [9.17, 15) is 13.2 Å². The lowest BCUT2D eigenvalue weighted by Gasteiger charge is -2.08. The third kappa shape index (κ3) is 3.36. The first-order valence-electron chi connectivity index (χ1n) is 8.64. The highest BCUT2D eigenvalue weighted by Crippen LogP contribution is 2.22. The summed E-state index contributed by atoms with van der Waals surface area (Å²) in [4.78, 5) is 21.1. The van der Waals surface area contributed by atoms with Crippen molar-refractivity contribution in [2.24, 2.45) is 4.99 Å². The molecule has 0 amide bonds. The van der Waals surface area contributed by atoms with Crippen molar-refractivity contribution in [1.29, 1.82) is 0 Å². The zero-order valence-corrected chi connectivity index (χ0v) is 16.1. The Balaban J connectivity index is 1.47. The molecule has 1 aliphatic rings. The highest BCUT2D eigenvalue weighted by Gasteiger charge is 2.31. The molecule has 144 valence electrons. The number of hydrogen-bond acceptors (Lipinski definition) is 6. The fraction of sp³-hybridized carbons (Fsp3) is 0.211. The number of aryl methyl sites for hydroxylation is 1. The molecule has 1 aliphatic heterocycles. The third-order valence-corrected chi connectivity index (χ3v) is 5.73. The van der Waals surface area contributed by atoms with E-state index in [2.05, 4.69) is 14.7 Å². The van der Waals surface area contributed by atoms with Crippen LogP contribution in [-0.4, -0.2) is 35.6 Å². The lowest BCUT2D eigenvalue weighted by molar-refractivity contribution is -0.146. The number of nitrogens with zero attached hydrogens (tertiary/aromatic N) is 3. The molecular formula is C19H18N4O4S. The molecule has 1 atom stereocenters. The van der Waals surface area contributed by atoms with Crippen LogP contribution in [0.15, 0.2) is 58.7 Å². The first kappa shape index (κ1) is 18.2. The van der Waals surface area contributed by atoms with Crippen LogP contribution in [0.1, 0.15) is 23.7 Å². The van der Waals surface area contributed by atoms with Gasteiger partial charge in [0.05, 0.1) is 10.6 Å². The van der Waals surface area contributed by atoms with Gasteiger partial charge in [0, 0.05) is 18.0 Å². The number of pyridine rings is 1. The SMILES string of the molecule is Cc1ccc2nc(COC(=O)[C@@H](C)N=C3NS(=O)(=O)c4ccccc43)cn2c1. The van der Waals surface area contributed by atoms with Crippen LogP contribution in [0.25, 0.3) is 5.65 Å². The number of aromatic nitrogens is 2. The lowest BCUT2D eigenvalue weighted by atomic mass is 10.2. The van der Waals surface area contributed by atoms with Gasteiger partial charge in [0.2, 0.25) is 0 Å². The monoisotopic (exact) mass is 398 g/mol.